The number of aliphatic imine (C=N–C) groups is 1. The molecular weight excluding hydrogens is 264 g/mol. The van der Waals surface area contributed by atoms with E-state index in [0.717, 1.165) is 10.9 Å². The molecule has 1 aliphatic rings. The second-order valence-corrected chi connectivity index (χ2v) is 6.00. The van der Waals surface area contributed by atoms with E-state index in [1.54, 1.807) is 0 Å². The molecule has 0 spiro atoms. The van der Waals surface area contributed by atoms with Crippen molar-refractivity contribution in [3.05, 3.63) is 71.8 Å². The quantitative estimate of drug-likeness (QED) is 0.924. The van der Waals surface area contributed by atoms with E-state index in [1.165, 1.54) is 11.1 Å². The van der Waals surface area contributed by atoms with Crippen LogP contribution in [0.25, 0.3) is 0 Å². The topological polar surface area (TPSA) is 24.4 Å². The summed E-state index contributed by atoms with van der Waals surface area (Å²) < 4.78 is 0. The smallest absolute Gasteiger partial charge is 0.157 e. The van der Waals surface area contributed by atoms with Gasteiger partial charge in [0.1, 0.15) is 0 Å². The molecular formula is C17H18N2S. The van der Waals surface area contributed by atoms with Crippen LogP contribution >= 0.6 is 11.8 Å². The van der Waals surface area contributed by atoms with Gasteiger partial charge < -0.3 is 5.32 Å². The minimum Gasteiger partial charge on any atom is -0.354 e. The van der Waals surface area contributed by atoms with Crippen molar-refractivity contribution in [2.24, 2.45) is 4.99 Å². The molecule has 1 N–H and O–H groups in total. The number of hydrogen-bond donors (Lipinski definition) is 1. The maximum absolute atomic E-state index is 4.65. The van der Waals surface area contributed by atoms with E-state index in [4.69, 9.17) is 0 Å². The van der Waals surface area contributed by atoms with E-state index in [0.29, 0.717) is 6.04 Å². The Morgan fingerprint density at radius 3 is 2.00 bits per heavy atom. The van der Waals surface area contributed by atoms with Crippen LogP contribution in [0.3, 0.4) is 0 Å². The molecule has 0 radical (unpaired) electrons. The first kappa shape index (κ1) is 13.3. The van der Waals surface area contributed by atoms with Gasteiger partial charge in [0.05, 0.1) is 12.1 Å². The summed E-state index contributed by atoms with van der Waals surface area (Å²) in [5.74, 6) is 1.07. The number of nitrogens with one attached hydrogen (secondary N) is 1. The molecule has 20 heavy (non-hydrogen) atoms. The zero-order chi connectivity index (χ0) is 13.8. The number of rotatable bonds is 3. The van der Waals surface area contributed by atoms with Gasteiger partial charge in [-0.2, -0.15) is 0 Å². The summed E-state index contributed by atoms with van der Waals surface area (Å²) in [7, 11) is 0. The predicted octanol–water partition coefficient (Wildman–Crippen LogP) is 3.86. The molecule has 1 unspecified atom stereocenters. The Kier molecular flexibility index (Phi) is 4.07. The SMILES string of the molecule is CC1CSC(NC(c2ccccc2)c2ccccc2)=N1. The minimum atomic E-state index is 0.161. The third-order valence-electron chi connectivity index (χ3n) is 3.33. The maximum Gasteiger partial charge on any atom is 0.157 e. The second-order valence-electron chi connectivity index (χ2n) is 4.99. The number of amidine groups is 1. The van der Waals surface area contributed by atoms with Gasteiger partial charge in [0.15, 0.2) is 5.17 Å². The highest BCUT2D eigenvalue weighted by molar-refractivity contribution is 8.14. The molecule has 102 valence electrons. The summed E-state index contributed by atoms with van der Waals surface area (Å²) >= 11 is 1.81. The average molecular weight is 282 g/mol. The monoisotopic (exact) mass is 282 g/mol. The zero-order valence-electron chi connectivity index (χ0n) is 11.5. The van der Waals surface area contributed by atoms with Crippen LogP contribution in [-0.2, 0) is 0 Å². The Labute approximate surface area is 124 Å². The van der Waals surface area contributed by atoms with Gasteiger partial charge in [-0.05, 0) is 18.1 Å². The van der Waals surface area contributed by atoms with Crippen LogP contribution in [0.1, 0.15) is 24.1 Å². The molecule has 2 nitrogen and oxygen atoms in total. The Bertz CT molecular complexity index is 541. The van der Waals surface area contributed by atoms with Gasteiger partial charge >= 0.3 is 0 Å². The van der Waals surface area contributed by atoms with Gasteiger partial charge in [0.25, 0.3) is 0 Å². The molecule has 2 aromatic rings. The van der Waals surface area contributed by atoms with Crippen LogP contribution < -0.4 is 5.32 Å². The first-order valence-electron chi connectivity index (χ1n) is 6.90. The lowest BCUT2D eigenvalue weighted by molar-refractivity contribution is 0.760. The fourth-order valence-corrected chi connectivity index (χ4v) is 3.26. The molecule has 0 amide bonds. The van der Waals surface area contributed by atoms with E-state index in [2.05, 4.69) is 77.9 Å². The van der Waals surface area contributed by atoms with Crippen LogP contribution in [0.15, 0.2) is 65.7 Å². The fourth-order valence-electron chi connectivity index (χ4n) is 2.33. The largest absolute Gasteiger partial charge is 0.354 e. The second kappa shape index (κ2) is 6.14. The van der Waals surface area contributed by atoms with Crippen molar-refractivity contribution < 1.29 is 0 Å². The summed E-state index contributed by atoms with van der Waals surface area (Å²) in [5, 5.41) is 4.64. The number of benzene rings is 2. The van der Waals surface area contributed by atoms with Gasteiger partial charge in [-0.1, -0.05) is 72.4 Å². The maximum atomic E-state index is 4.65. The highest BCUT2D eigenvalue weighted by Gasteiger charge is 2.19. The fraction of sp³-hybridized carbons (Fsp3) is 0.235. The summed E-state index contributed by atoms with van der Waals surface area (Å²) in [6, 6.07) is 21.6. The molecule has 0 saturated heterocycles. The van der Waals surface area contributed by atoms with Crippen molar-refractivity contribution in [1.82, 2.24) is 5.32 Å². The van der Waals surface area contributed by atoms with E-state index in [9.17, 15) is 0 Å². The van der Waals surface area contributed by atoms with Crippen molar-refractivity contribution in [2.45, 2.75) is 19.0 Å². The highest BCUT2D eigenvalue weighted by atomic mass is 32.2. The molecule has 0 aliphatic carbocycles. The van der Waals surface area contributed by atoms with Crippen molar-refractivity contribution >= 4 is 16.9 Å². The summed E-state index contributed by atoms with van der Waals surface area (Å²) in [6.45, 7) is 2.15. The van der Waals surface area contributed by atoms with Crippen LogP contribution in [0.2, 0.25) is 0 Å². The molecule has 0 fully saturated rings. The Balaban J connectivity index is 1.90. The van der Waals surface area contributed by atoms with Crippen LogP contribution in [0.5, 0.6) is 0 Å². The van der Waals surface area contributed by atoms with Gasteiger partial charge in [-0.3, -0.25) is 4.99 Å². The first-order chi connectivity index (χ1) is 9.83. The van der Waals surface area contributed by atoms with Crippen LogP contribution in [-0.4, -0.2) is 17.0 Å². The lowest BCUT2D eigenvalue weighted by Gasteiger charge is -2.20. The van der Waals surface area contributed by atoms with Crippen LogP contribution in [0, 0.1) is 0 Å². The average Bonchev–Trinajstić information content (AvgIpc) is 2.92. The lowest BCUT2D eigenvalue weighted by atomic mass is 9.99. The Morgan fingerprint density at radius 1 is 1.00 bits per heavy atom. The molecule has 1 atom stereocenters. The highest BCUT2D eigenvalue weighted by Crippen LogP contribution is 2.25. The van der Waals surface area contributed by atoms with E-state index >= 15 is 0 Å². The Hall–Kier alpha value is -1.74. The number of thioether (sulfide) groups is 1. The third kappa shape index (κ3) is 3.05. The van der Waals surface area contributed by atoms with E-state index in [1.807, 2.05) is 11.8 Å². The van der Waals surface area contributed by atoms with Crippen molar-refractivity contribution in [2.75, 3.05) is 5.75 Å². The molecule has 1 heterocycles. The zero-order valence-corrected chi connectivity index (χ0v) is 12.3. The number of hydrogen-bond acceptors (Lipinski definition) is 3. The summed E-state index contributed by atoms with van der Waals surface area (Å²) in [5.41, 5.74) is 2.53. The van der Waals surface area contributed by atoms with Crippen molar-refractivity contribution in [3.63, 3.8) is 0 Å². The molecule has 0 saturated carbocycles. The Morgan fingerprint density at radius 2 is 1.55 bits per heavy atom. The third-order valence-corrected chi connectivity index (χ3v) is 4.48. The first-order valence-corrected chi connectivity index (χ1v) is 7.88. The van der Waals surface area contributed by atoms with Gasteiger partial charge in [-0.15, -0.1) is 0 Å². The standard InChI is InChI=1S/C17H18N2S/c1-13-12-20-17(18-13)19-16(14-8-4-2-5-9-14)15-10-6-3-7-11-15/h2-11,13,16H,12H2,1H3,(H,18,19). The summed E-state index contributed by atoms with van der Waals surface area (Å²) in [6.07, 6.45) is 0. The lowest BCUT2D eigenvalue weighted by Crippen LogP contribution is -2.26. The van der Waals surface area contributed by atoms with E-state index in [-0.39, 0.29) is 6.04 Å². The van der Waals surface area contributed by atoms with Gasteiger partial charge in [0, 0.05) is 5.75 Å². The molecule has 1 aliphatic heterocycles. The molecule has 2 aromatic carbocycles. The minimum absolute atomic E-state index is 0.161. The number of nitrogens with zero attached hydrogens (tertiary/aromatic N) is 1. The predicted molar refractivity (Wildman–Crippen MR) is 87.2 cm³/mol. The van der Waals surface area contributed by atoms with Crippen molar-refractivity contribution in [3.8, 4) is 0 Å². The van der Waals surface area contributed by atoms with Gasteiger partial charge in [-0.25, -0.2) is 0 Å². The van der Waals surface area contributed by atoms with Crippen LogP contribution in [0.4, 0.5) is 0 Å². The van der Waals surface area contributed by atoms with Gasteiger partial charge in [0.2, 0.25) is 0 Å². The normalized spacial score (nSPS) is 18.1. The molecule has 3 heteroatoms. The molecule has 0 bridgehead atoms. The van der Waals surface area contributed by atoms with Crippen molar-refractivity contribution in [1.29, 1.82) is 0 Å². The summed E-state index contributed by atoms with van der Waals surface area (Å²) in [4.78, 5) is 4.65. The molecule has 0 aromatic heterocycles. The van der Waals surface area contributed by atoms with E-state index < -0.39 is 0 Å². The molecule has 3 rings (SSSR count).